The van der Waals surface area contributed by atoms with Crippen LogP contribution in [0.25, 0.3) is 0 Å². The number of amides is 1. The normalized spacial score (nSPS) is 10.3. The van der Waals surface area contributed by atoms with Gasteiger partial charge in [0.25, 0.3) is 12.5 Å². The molecule has 1 heterocycles. The first-order chi connectivity index (χ1) is 10.2. The zero-order chi connectivity index (χ0) is 15.1. The van der Waals surface area contributed by atoms with E-state index < -0.39 is 5.95 Å². The fourth-order valence-electron chi connectivity index (χ4n) is 1.65. The molecule has 1 aromatic carbocycles. The average Bonchev–Trinajstić information content (AvgIpc) is 2.86. The summed E-state index contributed by atoms with van der Waals surface area (Å²) in [4.78, 5) is 11.7. The topological polar surface area (TPSA) is 91.3 Å². The molecular weight excluding hydrogens is 274 g/mol. The van der Waals surface area contributed by atoms with E-state index in [1.54, 1.807) is 24.3 Å². The Bertz CT molecular complexity index is 580. The van der Waals surface area contributed by atoms with Crippen molar-refractivity contribution < 1.29 is 23.8 Å². The lowest BCUT2D eigenvalue weighted by atomic mass is 10.3. The highest BCUT2D eigenvalue weighted by molar-refractivity contribution is 5.89. The zero-order valence-electron chi connectivity index (χ0n) is 11.7. The van der Waals surface area contributed by atoms with Gasteiger partial charge >= 0.3 is 0 Å². The minimum Gasteiger partial charge on any atom is -0.539 e. The number of carbonyl (C=O) groups is 1. The van der Waals surface area contributed by atoms with Gasteiger partial charge in [-0.05, 0) is 30.7 Å². The molecule has 0 aliphatic carbocycles. The summed E-state index contributed by atoms with van der Waals surface area (Å²) in [6, 6.07) is 7.10. The SMILES string of the molecule is CCCCOc1ccc(NC(=O)C[n+]2cc([O-])on2)cc1. The number of rotatable bonds is 7. The van der Waals surface area contributed by atoms with Crippen LogP contribution in [0.3, 0.4) is 0 Å². The maximum absolute atomic E-state index is 11.7. The van der Waals surface area contributed by atoms with E-state index in [9.17, 15) is 9.90 Å². The summed E-state index contributed by atoms with van der Waals surface area (Å²) in [5, 5.41) is 16.9. The standard InChI is InChI=1S/C14H17N3O4/c1-2-3-8-20-12-6-4-11(5-7-12)15-13(18)9-17-10-14(19)21-16-17/h4-7,10H,2-3,8-9H2,1H3,(H-,15,16,18,19). The number of nitrogens with zero attached hydrogens (tertiary/aromatic N) is 2. The van der Waals surface area contributed by atoms with E-state index in [0.717, 1.165) is 29.5 Å². The molecule has 1 N–H and O–H groups in total. The molecule has 0 bridgehead atoms. The highest BCUT2D eigenvalue weighted by Gasteiger charge is 2.12. The van der Waals surface area contributed by atoms with Crippen LogP contribution in [0.4, 0.5) is 5.69 Å². The Morgan fingerprint density at radius 3 is 2.81 bits per heavy atom. The first-order valence-corrected chi connectivity index (χ1v) is 6.73. The molecule has 7 nitrogen and oxygen atoms in total. The van der Waals surface area contributed by atoms with Crippen LogP contribution in [0.1, 0.15) is 19.8 Å². The van der Waals surface area contributed by atoms with Crippen molar-refractivity contribution in [3.8, 4) is 11.7 Å². The maximum Gasteiger partial charge on any atom is 0.292 e. The number of hydrogen-bond donors (Lipinski definition) is 1. The van der Waals surface area contributed by atoms with Crippen molar-refractivity contribution in [1.29, 1.82) is 0 Å². The first-order valence-electron chi connectivity index (χ1n) is 6.73. The number of carbonyl (C=O) groups excluding carboxylic acids is 1. The van der Waals surface area contributed by atoms with Gasteiger partial charge in [-0.2, -0.15) is 0 Å². The Hall–Kier alpha value is -2.57. The highest BCUT2D eigenvalue weighted by Crippen LogP contribution is 2.15. The Morgan fingerprint density at radius 2 is 2.19 bits per heavy atom. The van der Waals surface area contributed by atoms with Crippen molar-refractivity contribution in [1.82, 2.24) is 5.27 Å². The molecule has 2 rings (SSSR count). The minimum atomic E-state index is -0.587. The molecule has 0 unspecified atom stereocenters. The van der Waals surface area contributed by atoms with Gasteiger partial charge in [0.1, 0.15) is 11.7 Å². The predicted octanol–water partition coefficient (Wildman–Crippen LogP) is 0.853. The van der Waals surface area contributed by atoms with E-state index in [1.165, 1.54) is 0 Å². The zero-order valence-corrected chi connectivity index (χ0v) is 11.7. The fourth-order valence-corrected chi connectivity index (χ4v) is 1.65. The number of ether oxygens (including phenoxy) is 1. The van der Waals surface area contributed by atoms with E-state index in [1.807, 2.05) is 0 Å². The molecule has 7 heteroatoms. The Balaban J connectivity index is 1.83. The molecule has 0 saturated heterocycles. The van der Waals surface area contributed by atoms with Crippen molar-refractivity contribution in [2.75, 3.05) is 11.9 Å². The van der Waals surface area contributed by atoms with Crippen molar-refractivity contribution in [3.05, 3.63) is 30.5 Å². The quantitative estimate of drug-likeness (QED) is 0.603. The Morgan fingerprint density at radius 1 is 1.43 bits per heavy atom. The predicted molar refractivity (Wildman–Crippen MR) is 71.6 cm³/mol. The van der Waals surface area contributed by atoms with Gasteiger partial charge in [-0.25, -0.2) is 0 Å². The number of anilines is 1. The molecule has 0 fully saturated rings. The molecule has 0 spiro atoms. The summed E-state index contributed by atoms with van der Waals surface area (Å²) >= 11 is 0. The van der Waals surface area contributed by atoms with E-state index in [0.29, 0.717) is 12.3 Å². The molecule has 1 amide bonds. The maximum atomic E-state index is 11.7. The number of benzene rings is 1. The van der Waals surface area contributed by atoms with Gasteiger partial charge in [-0.15, -0.1) is 0 Å². The monoisotopic (exact) mass is 291 g/mol. The second-order valence-electron chi connectivity index (χ2n) is 4.49. The smallest absolute Gasteiger partial charge is 0.292 e. The van der Waals surface area contributed by atoms with Crippen LogP contribution in [0.15, 0.2) is 35.0 Å². The molecule has 0 aliphatic heterocycles. The Labute approximate surface area is 122 Å². The van der Waals surface area contributed by atoms with E-state index >= 15 is 0 Å². The molecule has 0 aliphatic rings. The second kappa shape index (κ2) is 7.28. The molecule has 21 heavy (non-hydrogen) atoms. The van der Waals surface area contributed by atoms with E-state index in [2.05, 4.69) is 22.0 Å². The number of nitrogens with one attached hydrogen (secondary N) is 1. The van der Waals surface area contributed by atoms with Gasteiger partial charge in [-0.3, -0.25) is 4.79 Å². The molecular formula is C14H17N3O4. The summed E-state index contributed by atoms with van der Waals surface area (Å²) in [6.07, 6.45) is 3.21. The van der Waals surface area contributed by atoms with E-state index in [-0.39, 0.29) is 12.5 Å². The lowest BCUT2D eigenvalue weighted by Gasteiger charge is -2.06. The third kappa shape index (κ3) is 4.79. The number of hydrogen-bond acceptors (Lipinski definition) is 5. The molecule has 0 atom stereocenters. The molecule has 0 saturated carbocycles. The van der Waals surface area contributed by atoms with Crippen molar-refractivity contribution in [3.63, 3.8) is 0 Å². The number of aromatic nitrogens is 2. The van der Waals surface area contributed by atoms with Gasteiger partial charge in [-0.1, -0.05) is 18.0 Å². The van der Waals surface area contributed by atoms with E-state index in [4.69, 9.17) is 4.74 Å². The van der Waals surface area contributed by atoms with Crippen molar-refractivity contribution in [2.24, 2.45) is 0 Å². The van der Waals surface area contributed by atoms with Gasteiger partial charge in [0.05, 0.1) is 11.9 Å². The van der Waals surface area contributed by atoms with Gasteiger partial charge in [0.2, 0.25) is 6.20 Å². The lowest BCUT2D eigenvalue weighted by molar-refractivity contribution is -0.750. The van der Waals surface area contributed by atoms with Crippen LogP contribution < -0.4 is 19.8 Å². The molecule has 2 aromatic rings. The van der Waals surface area contributed by atoms with Crippen LogP contribution >= 0.6 is 0 Å². The third-order valence-electron chi connectivity index (χ3n) is 2.70. The van der Waals surface area contributed by atoms with Gasteiger partial charge < -0.3 is 19.7 Å². The van der Waals surface area contributed by atoms with Crippen LogP contribution in [-0.4, -0.2) is 17.8 Å². The highest BCUT2D eigenvalue weighted by atomic mass is 16.6. The lowest BCUT2D eigenvalue weighted by Crippen LogP contribution is -2.41. The van der Waals surface area contributed by atoms with Crippen LogP contribution in [-0.2, 0) is 11.3 Å². The Kier molecular flexibility index (Phi) is 5.14. The summed E-state index contributed by atoms with van der Waals surface area (Å²) in [6.45, 7) is 2.70. The average molecular weight is 291 g/mol. The van der Waals surface area contributed by atoms with Crippen LogP contribution in [0, 0.1) is 0 Å². The fraction of sp³-hybridized carbons (Fsp3) is 0.357. The minimum absolute atomic E-state index is 0.0828. The molecule has 1 aromatic heterocycles. The summed E-state index contributed by atoms with van der Waals surface area (Å²) < 4.78 is 11.0. The summed E-state index contributed by atoms with van der Waals surface area (Å²) in [5.41, 5.74) is 0.647. The first kappa shape index (κ1) is 14.8. The summed E-state index contributed by atoms with van der Waals surface area (Å²) in [5.74, 6) is -0.118. The van der Waals surface area contributed by atoms with Gasteiger partial charge in [0.15, 0.2) is 0 Å². The third-order valence-corrected chi connectivity index (χ3v) is 2.70. The van der Waals surface area contributed by atoms with Crippen LogP contribution in [0.2, 0.25) is 0 Å². The molecule has 0 radical (unpaired) electrons. The van der Waals surface area contributed by atoms with Gasteiger partial charge in [0, 0.05) is 5.69 Å². The number of unbranched alkanes of at least 4 members (excludes halogenated alkanes) is 1. The van der Waals surface area contributed by atoms with Crippen LogP contribution in [0.5, 0.6) is 11.7 Å². The second-order valence-corrected chi connectivity index (χ2v) is 4.49. The van der Waals surface area contributed by atoms with Crippen molar-refractivity contribution in [2.45, 2.75) is 26.3 Å². The van der Waals surface area contributed by atoms with Crippen molar-refractivity contribution >= 4 is 11.6 Å². The molecule has 112 valence electrons. The summed E-state index contributed by atoms with van der Waals surface area (Å²) in [7, 11) is 0. The largest absolute Gasteiger partial charge is 0.539 e.